The first kappa shape index (κ1) is 22.7. The van der Waals surface area contributed by atoms with Crippen molar-refractivity contribution in [3.8, 4) is 5.75 Å². The number of nitrogens with zero attached hydrogens (tertiary/aromatic N) is 1. The third-order valence-corrected chi connectivity index (χ3v) is 6.79. The normalized spacial score (nSPS) is 20.4. The van der Waals surface area contributed by atoms with E-state index < -0.39 is 0 Å². The predicted molar refractivity (Wildman–Crippen MR) is 128 cm³/mol. The van der Waals surface area contributed by atoms with Crippen LogP contribution in [-0.2, 0) is 0 Å². The molecule has 0 bridgehead atoms. The summed E-state index contributed by atoms with van der Waals surface area (Å²) < 4.78 is 5.96. The van der Waals surface area contributed by atoms with Crippen LogP contribution in [0.25, 0.3) is 0 Å². The van der Waals surface area contributed by atoms with Crippen molar-refractivity contribution >= 4 is 29.1 Å². The van der Waals surface area contributed by atoms with E-state index in [-0.39, 0.29) is 11.8 Å². The Labute approximate surface area is 195 Å². The molecule has 1 heterocycles. The van der Waals surface area contributed by atoms with Crippen LogP contribution in [0, 0.1) is 5.92 Å². The Morgan fingerprint density at radius 1 is 1.06 bits per heavy atom. The van der Waals surface area contributed by atoms with Crippen LogP contribution < -0.4 is 10.1 Å². The van der Waals surface area contributed by atoms with Gasteiger partial charge in [-0.15, -0.1) is 0 Å². The lowest BCUT2D eigenvalue weighted by Crippen LogP contribution is -2.49. The third kappa shape index (κ3) is 5.09. The Kier molecular flexibility index (Phi) is 7.36. The van der Waals surface area contributed by atoms with E-state index in [9.17, 15) is 9.59 Å². The highest BCUT2D eigenvalue weighted by Crippen LogP contribution is 2.37. The number of hydrogen-bond acceptors (Lipinski definition) is 3. The summed E-state index contributed by atoms with van der Waals surface area (Å²) in [6, 6.07) is 12.4. The maximum atomic E-state index is 13.6. The van der Waals surface area contributed by atoms with E-state index in [2.05, 4.69) is 10.2 Å². The maximum absolute atomic E-state index is 13.6. The lowest BCUT2D eigenvalue weighted by molar-refractivity contribution is 0.0387. The molecule has 2 amide bonds. The Hall–Kier alpha value is -2.53. The van der Waals surface area contributed by atoms with Crippen LogP contribution >= 0.6 is 11.6 Å². The zero-order valence-electron chi connectivity index (χ0n) is 18.6. The van der Waals surface area contributed by atoms with Crippen molar-refractivity contribution < 1.29 is 14.3 Å². The van der Waals surface area contributed by atoms with Crippen molar-refractivity contribution in [1.29, 1.82) is 0 Å². The molecule has 6 heteroatoms. The van der Waals surface area contributed by atoms with Crippen LogP contribution in [0.2, 0.25) is 5.02 Å². The number of amides is 2. The summed E-state index contributed by atoms with van der Waals surface area (Å²) in [6.45, 7) is 3.36. The predicted octanol–water partition coefficient (Wildman–Crippen LogP) is 6.18. The number of halogens is 1. The number of piperidine rings is 1. The van der Waals surface area contributed by atoms with Gasteiger partial charge in [-0.1, -0.05) is 31.4 Å². The molecule has 4 rings (SSSR count). The quantitative estimate of drug-likeness (QED) is 0.567. The molecule has 2 atom stereocenters. The van der Waals surface area contributed by atoms with Crippen molar-refractivity contribution in [2.24, 2.45) is 5.92 Å². The first-order valence-corrected chi connectivity index (χ1v) is 12.1. The summed E-state index contributed by atoms with van der Waals surface area (Å²) in [5.74, 6) is 0.967. The largest absolute Gasteiger partial charge is 0.493 e. The molecular formula is C26H31ClN2O3. The van der Waals surface area contributed by atoms with E-state index in [0.29, 0.717) is 46.2 Å². The molecule has 2 aliphatic rings. The number of hydrogen-bond donors (Lipinski definition) is 1. The fraction of sp³-hybridized carbons (Fsp3) is 0.462. The summed E-state index contributed by atoms with van der Waals surface area (Å²) in [5.41, 5.74) is 1.69. The lowest BCUT2D eigenvalue weighted by Gasteiger charge is -2.44. The molecule has 0 aromatic heterocycles. The second kappa shape index (κ2) is 10.4. The molecule has 170 valence electrons. The molecule has 5 nitrogen and oxygen atoms in total. The van der Waals surface area contributed by atoms with Gasteiger partial charge in [0.05, 0.1) is 12.2 Å². The van der Waals surface area contributed by atoms with Gasteiger partial charge in [-0.3, -0.25) is 9.59 Å². The van der Waals surface area contributed by atoms with E-state index in [1.165, 1.54) is 25.7 Å². The molecule has 1 aliphatic heterocycles. The average molecular weight is 455 g/mol. The lowest BCUT2D eigenvalue weighted by atomic mass is 9.78. The molecule has 2 aromatic carbocycles. The molecule has 1 aliphatic carbocycles. The van der Waals surface area contributed by atoms with Gasteiger partial charge in [0.15, 0.2) is 0 Å². The standard InChI is InChI=1S/C26H31ClN2O3/c1-2-16-32-24-17-21(28-25(30)19-9-11-20(27)12-10-19)13-14-22(24)26(31)29-15-5-7-18-6-3-4-8-23(18)29/h9-14,17-18,23H,2-8,15-16H2,1H3,(H,28,30)/t18-,23-/m1/s1. The Balaban J connectivity index is 1.55. The van der Waals surface area contributed by atoms with Crippen molar-refractivity contribution in [3.63, 3.8) is 0 Å². The summed E-state index contributed by atoms with van der Waals surface area (Å²) >= 11 is 5.92. The Bertz CT molecular complexity index is 958. The van der Waals surface area contributed by atoms with Crippen LogP contribution in [0.15, 0.2) is 42.5 Å². The van der Waals surface area contributed by atoms with Crippen LogP contribution in [0.1, 0.15) is 72.6 Å². The first-order chi connectivity index (χ1) is 15.6. The fourth-order valence-electron chi connectivity index (χ4n) is 4.94. The minimum atomic E-state index is -0.233. The van der Waals surface area contributed by atoms with Gasteiger partial charge in [0.2, 0.25) is 0 Å². The number of likely N-dealkylation sites (tertiary alicyclic amines) is 1. The van der Waals surface area contributed by atoms with Gasteiger partial charge in [0, 0.05) is 34.9 Å². The summed E-state index contributed by atoms with van der Waals surface area (Å²) in [5, 5.41) is 3.48. The molecule has 0 unspecified atom stereocenters. The zero-order chi connectivity index (χ0) is 22.5. The molecule has 0 spiro atoms. The van der Waals surface area contributed by atoms with Gasteiger partial charge >= 0.3 is 0 Å². The Morgan fingerprint density at radius 2 is 1.81 bits per heavy atom. The molecule has 1 N–H and O–H groups in total. The number of ether oxygens (including phenoxy) is 1. The van der Waals surface area contributed by atoms with Gasteiger partial charge in [0.1, 0.15) is 5.75 Å². The van der Waals surface area contributed by atoms with Gasteiger partial charge in [0.25, 0.3) is 11.8 Å². The highest BCUT2D eigenvalue weighted by Gasteiger charge is 2.36. The van der Waals surface area contributed by atoms with E-state index in [0.717, 1.165) is 25.8 Å². The fourth-order valence-corrected chi connectivity index (χ4v) is 5.07. The van der Waals surface area contributed by atoms with Gasteiger partial charge in [-0.2, -0.15) is 0 Å². The molecule has 1 saturated carbocycles. The van der Waals surface area contributed by atoms with Gasteiger partial charge in [-0.05, 0) is 74.4 Å². The molecule has 2 aromatic rings. The van der Waals surface area contributed by atoms with Crippen molar-refractivity contribution in [2.75, 3.05) is 18.5 Å². The van der Waals surface area contributed by atoms with Crippen LogP contribution in [-0.4, -0.2) is 35.9 Å². The molecule has 1 saturated heterocycles. The van der Waals surface area contributed by atoms with E-state index in [1.807, 2.05) is 6.92 Å². The maximum Gasteiger partial charge on any atom is 0.257 e. The first-order valence-electron chi connectivity index (χ1n) is 11.7. The minimum Gasteiger partial charge on any atom is -0.493 e. The van der Waals surface area contributed by atoms with E-state index in [1.54, 1.807) is 42.5 Å². The second-order valence-electron chi connectivity index (χ2n) is 8.77. The second-order valence-corrected chi connectivity index (χ2v) is 9.21. The number of rotatable bonds is 6. The number of nitrogens with one attached hydrogen (secondary N) is 1. The number of benzene rings is 2. The number of fused-ring (bicyclic) bond motifs is 1. The van der Waals surface area contributed by atoms with E-state index in [4.69, 9.17) is 16.3 Å². The van der Waals surface area contributed by atoms with Gasteiger partial charge in [-0.25, -0.2) is 0 Å². The zero-order valence-corrected chi connectivity index (χ0v) is 19.4. The molecule has 0 radical (unpaired) electrons. The summed E-state index contributed by atoms with van der Waals surface area (Å²) in [6.07, 6.45) is 7.91. The monoisotopic (exact) mass is 454 g/mol. The highest BCUT2D eigenvalue weighted by molar-refractivity contribution is 6.30. The average Bonchev–Trinajstić information content (AvgIpc) is 2.82. The molecule has 32 heavy (non-hydrogen) atoms. The number of carbonyl (C=O) groups excluding carboxylic acids is 2. The van der Waals surface area contributed by atoms with E-state index >= 15 is 0 Å². The Morgan fingerprint density at radius 3 is 2.59 bits per heavy atom. The number of carbonyl (C=O) groups is 2. The highest BCUT2D eigenvalue weighted by atomic mass is 35.5. The van der Waals surface area contributed by atoms with Crippen molar-refractivity contribution in [2.45, 2.75) is 57.9 Å². The molecule has 2 fully saturated rings. The van der Waals surface area contributed by atoms with Crippen LogP contribution in [0.5, 0.6) is 5.75 Å². The minimum absolute atomic E-state index is 0.0447. The topological polar surface area (TPSA) is 58.6 Å². The third-order valence-electron chi connectivity index (χ3n) is 6.54. The van der Waals surface area contributed by atoms with Crippen molar-refractivity contribution in [3.05, 3.63) is 58.6 Å². The molecular weight excluding hydrogens is 424 g/mol. The SMILES string of the molecule is CCCOc1cc(NC(=O)c2ccc(Cl)cc2)ccc1C(=O)N1CCC[C@H]2CCCC[C@H]21. The van der Waals surface area contributed by atoms with Gasteiger partial charge < -0.3 is 15.0 Å². The summed E-state index contributed by atoms with van der Waals surface area (Å²) in [4.78, 5) is 28.3. The van der Waals surface area contributed by atoms with Crippen LogP contribution in [0.3, 0.4) is 0 Å². The smallest absolute Gasteiger partial charge is 0.257 e. The number of anilines is 1. The van der Waals surface area contributed by atoms with Crippen molar-refractivity contribution in [1.82, 2.24) is 4.90 Å². The summed E-state index contributed by atoms with van der Waals surface area (Å²) in [7, 11) is 0. The van der Waals surface area contributed by atoms with Crippen LogP contribution in [0.4, 0.5) is 5.69 Å².